The molecule has 234 valence electrons. The van der Waals surface area contributed by atoms with Crippen LogP contribution in [0.25, 0.3) is 20.7 Å². The van der Waals surface area contributed by atoms with E-state index in [2.05, 4.69) is 5.32 Å². The number of thiophene rings is 1. The predicted octanol–water partition coefficient (Wildman–Crippen LogP) is 6.14. The van der Waals surface area contributed by atoms with E-state index in [4.69, 9.17) is 28.3 Å². The summed E-state index contributed by atoms with van der Waals surface area (Å²) >= 11 is 14.3. The Morgan fingerprint density at radius 1 is 1.02 bits per heavy atom. The number of aryl methyl sites for hydroxylation is 2. The summed E-state index contributed by atoms with van der Waals surface area (Å²) in [4.78, 5) is 57.2. The zero-order valence-electron chi connectivity index (χ0n) is 25.0. The summed E-state index contributed by atoms with van der Waals surface area (Å²) in [6.45, 7) is 3.76. The van der Waals surface area contributed by atoms with Crippen LogP contribution in [0.4, 0.5) is 5.82 Å². The first-order valence-electron chi connectivity index (χ1n) is 15.0. The predicted molar refractivity (Wildman–Crippen MR) is 175 cm³/mol. The maximum absolute atomic E-state index is 14.8. The Kier molecular flexibility index (Phi) is 6.40. The van der Waals surface area contributed by atoms with Crippen molar-refractivity contribution in [2.75, 3.05) is 4.90 Å². The van der Waals surface area contributed by atoms with Crippen LogP contribution in [0.2, 0.25) is 10.0 Å². The van der Waals surface area contributed by atoms with E-state index in [1.807, 2.05) is 31.2 Å². The molecule has 2 N–H and O–H groups in total. The van der Waals surface area contributed by atoms with Crippen molar-refractivity contribution >= 4 is 74.1 Å². The van der Waals surface area contributed by atoms with Gasteiger partial charge in [0.05, 0.1) is 28.0 Å². The van der Waals surface area contributed by atoms with Crippen LogP contribution >= 0.6 is 34.5 Å². The molecule has 2 aliphatic heterocycles. The molecule has 0 unspecified atom stereocenters. The van der Waals surface area contributed by atoms with Crippen molar-refractivity contribution in [2.24, 2.45) is 36.1 Å². The highest BCUT2D eigenvalue weighted by Crippen LogP contribution is 2.64. The molecule has 0 radical (unpaired) electrons. The molecular weight excluding hydrogens is 647 g/mol. The number of nitrogens with one attached hydrogen (secondary N) is 1. The second-order valence-corrected chi connectivity index (χ2v) is 14.9. The summed E-state index contributed by atoms with van der Waals surface area (Å²) in [5.74, 6) is -4.52. The fourth-order valence-electron chi connectivity index (χ4n) is 8.46. The van der Waals surface area contributed by atoms with Crippen LogP contribution in [-0.2, 0) is 26.2 Å². The van der Waals surface area contributed by atoms with Crippen molar-refractivity contribution in [3.63, 3.8) is 0 Å². The quantitative estimate of drug-likeness (QED) is 0.199. The van der Waals surface area contributed by atoms with Crippen molar-refractivity contribution in [1.82, 2.24) is 15.1 Å². The molecule has 3 fully saturated rings. The number of allylic oxidation sites excluding steroid dienone is 2. The molecule has 4 aromatic rings. The lowest BCUT2D eigenvalue weighted by Crippen LogP contribution is -2.48. The Hall–Kier alpha value is -3.99. The number of aromatic nitrogens is 2. The minimum absolute atomic E-state index is 0.0631. The lowest BCUT2D eigenvalue weighted by atomic mass is 9.51. The molecule has 46 heavy (non-hydrogen) atoms. The number of hydrogen-bond donors (Lipinski definition) is 2. The normalized spacial score (nSPS) is 28.8. The number of carbonyl (C=O) groups excluding carboxylic acids is 4. The molecule has 4 aliphatic rings. The van der Waals surface area contributed by atoms with Gasteiger partial charge in [-0.15, -0.1) is 11.3 Å². The number of phenolic OH excluding ortho intramolecular Hbond substituents is 1. The van der Waals surface area contributed by atoms with Crippen molar-refractivity contribution < 1.29 is 24.3 Å². The van der Waals surface area contributed by atoms with Crippen molar-refractivity contribution in [2.45, 2.75) is 32.6 Å². The van der Waals surface area contributed by atoms with Gasteiger partial charge >= 0.3 is 0 Å². The Morgan fingerprint density at radius 3 is 2.54 bits per heavy atom. The first kappa shape index (κ1) is 29.4. The first-order valence-corrected chi connectivity index (χ1v) is 16.6. The van der Waals surface area contributed by atoms with Gasteiger partial charge < -0.3 is 5.11 Å². The van der Waals surface area contributed by atoms with Crippen LogP contribution in [0.3, 0.4) is 0 Å². The summed E-state index contributed by atoms with van der Waals surface area (Å²) in [6, 6.07) is 12.1. The standard InChI is InChI=1S/C34H28Cl2N4O5S/c1-14-19-10-16(36)5-9-25(19)46-29(14)23-13-26(39(3)38-23)40-32(44)22-12-20-17(6-7-18-27(20)31(43)37-30(18)42)28(34(22,2)33(40)45)21-11-15(35)4-8-24(21)41/h4-6,8-11,13,18,20,22,27-28,41H,7,12H2,1-3H3,(H,37,42,43)/t18-,20+,22-,27-,28+,34+/m0/s1. The highest BCUT2D eigenvalue weighted by molar-refractivity contribution is 7.22. The van der Waals surface area contributed by atoms with Gasteiger partial charge in [0.15, 0.2) is 0 Å². The zero-order chi connectivity index (χ0) is 32.4. The van der Waals surface area contributed by atoms with Crippen LogP contribution in [0.5, 0.6) is 5.75 Å². The number of rotatable bonds is 3. The van der Waals surface area contributed by atoms with Gasteiger partial charge in [0, 0.05) is 39.3 Å². The van der Waals surface area contributed by atoms with Gasteiger partial charge in [-0.3, -0.25) is 29.2 Å². The average Bonchev–Trinajstić information content (AvgIpc) is 3.70. The van der Waals surface area contributed by atoms with E-state index in [0.717, 1.165) is 26.1 Å². The number of imide groups is 2. The van der Waals surface area contributed by atoms with Gasteiger partial charge in [0.2, 0.25) is 23.6 Å². The zero-order valence-corrected chi connectivity index (χ0v) is 27.3. The number of anilines is 1. The van der Waals surface area contributed by atoms with Crippen LogP contribution < -0.4 is 10.2 Å². The summed E-state index contributed by atoms with van der Waals surface area (Å²) in [6.07, 6.45) is 2.46. The Morgan fingerprint density at radius 2 is 1.76 bits per heavy atom. The minimum Gasteiger partial charge on any atom is -0.508 e. The average molecular weight is 676 g/mol. The van der Waals surface area contributed by atoms with Crippen molar-refractivity contribution in [3.8, 4) is 16.3 Å². The van der Waals surface area contributed by atoms with E-state index < -0.39 is 46.8 Å². The number of nitrogens with zero attached hydrogens (tertiary/aromatic N) is 3. The second-order valence-electron chi connectivity index (χ2n) is 12.9. The third-order valence-corrected chi connectivity index (χ3v) is 12.4. The first-order chi connectivity index (χ1) is 21.9. The van der Waals surface area contributed by atoms with E-state index in [9.17, 15) is 24.3 Å². The minimum atomic E-state index is -1.32. The number of hydrogen-bond acceptors (Lipinski definition) is 7. The molecule has 8 rings (SSSR count). The van der Waals surface area contributed by atoms with E-state index in [1.54, 1.807) is 48.2 Å². The van der Waals surface area contributed by atoms with E-state index in [1.165, 1.54) is 11.0 Å². The van der Waals surface area contributed by atoms with E-state index in [0.29, 0.717) is 33.5 Å². The molecule has 0 spiro atoms. The van der Waals surface area contributed by atoms with Crippen molar-refractivity contribution in [3.05, 3.63) is 75.3 Å². The summed E-state index contributed by atoms with van der Waals surface area (Å²) in [5, 5.41) is 20.4. The van der Waals surface area contributed by atoms with E-state index >= 15 is 0 Å². The molecule has 2 saturated heterocycles. The van der Waals surface area contributed by atoms with Gasteiger partial charge in [-0.25, -0.2) is 4.90 Å². The third kappa shape index (κ3) is 3.90. The monoisotopic (exact) mass is 674 g/mol. The number of phenols is 1. The maximum atomic E-state index is 14.8. The summed E-state index contributed by atoms with van der Waals surface area (Å²) in [7, 11) is 1.70. The fraction of sp³-hybridized carbons (Fsp3) is 0.324. The highest BCUT2D eigenvalue weighted by atomic mass is 35.5. The number of amides is 4. The molecule has 4 amide bonds. The molecule has 12 heteroatoms. The number of benzene rings is 2. The van der Waals surface area contributed by atoms with Crippen molar-refractivity contribution in [1.29, 1.82) is 0 Å². The summed E-state index contributed by atoms with van der Waals surface area (Å²) < 4.78 is 2.59. The third-order valence-electron chi connectivity index (χ3n) is 10.6. The van der Waals surface area contributed by atoms with Gasteiger partial charge in [-0.05, 0) is 80.0 Å². The molecule has 2 aliphatic carbocycles. The largest absolute Gasteiger partial charge is 0.508 e. The number of aromatic hydroxyl groups is 1. The molecule has 4 heterocycles. The second kappa shape index (κ2) is 10.0. The topological polar surface area (TPSA) is 122 Å². The van der Waals surface area contributed by atoms with Gasteiger partial charge in [-0.2, -0.15) is 5.10 Å². The Labute approximate surface area is 277 Å². The molecule has 0 bridgehead atoms. The number of fused-ring (bicyclic) bond motifs is 5. The summed E-state index contributed by atoms with van der Waals surface area (Å²) in [5.41, 5.74) is 1.49. The number of carbonyl (C=O) groups is 4. The Bertz CT molecular complexity index is 2100. The lowest BCUT2D eigenvalue weighted by Gasteiger charge is -2.49. The number of halogens is 2. The fourth-order valence-corrected chi connectivity index (χ4v) is 9.96. The lowest BCUT2D eigenvalue weighted by molar-refractivity contribution is -0.131. The molecule has 9 nitrogen and oxygen atoms in total. The van der Waals surface area contributed by atoms with E-state index in [-0.39, 0.29) is 24.0 Å². The molecule has 6 atom stereocenters. The Balaban J connectivity index is 1.27. The van der Waals surface area contributed by atoms with Crippen LogP contribution in [0.15, 0.2) is 54.1 Å². The molecule has 2 aromatic carbocycles. The van der Waals surface area contributed by atoms with Gasteiger partial charge in [0.25, 0.3) is 0 Å². The van der Waals surface area contributed by atoms with Crippen LogP contribution in [0.1, 0.15) is 36.8 Å². The maximum Gasteiger partial charge on any atom is 0.242 e. The SMILES string of the molecule is Cc1c(-c2cc(N3C(=O)[C@@H]4C[C@@H]5C(=CC[C@@H]6C(=O)NC(=O)[C@@H]65)[C@H](c5cc(Cl)ccc5O)[C@]4(C)C3=O)n(C)n2)sc2ccc(Cl)cc12. The van der Waals surface area contributed by atoms with Crippen LogP contribution in [-0.4, -0.2) is 38.5 Å². The van der Waals surface area contributed by atoms with Gasteiger partial charge in [-0.1, -0.05) is 34.9 Å². The molecule has 2 aromatic heterocycles. The molecule has 1 saturated carbocycles. The smallest absolute Gasteiger partial charge is 0.242 e. The molecular formula is C34H28Cl2N4O5S. The highest BCUT2D eigenvalue weighted by Gasteiger charge is 2.67. The van der Waals surface area contributed by atoms with Gasteiger partial charge in [0.1, 0.15) is 17.3 Å². The van der Waals surface area contributed by atoms with Crippen LogP contribution in [0, 0.1) is 36.0 Å².